The Morgan fingerprint density at radius 1 is 1.35 bits per heavy atom. The van der Waals surface area contributed by atoms with Crippen LogP contribution in [0.2, 0.25) is 5.02 Å². The quantitative estimate of drug-likeness (QED) is 0.595. The smallest absolute Gasteiger partial charge is 0.266 e. The summed E-state index contributed by atoms with van der Waals surface area (Å²) in [5, 5.41) is 12.4. The lowest BCUT2D eigenvalue weighted by molar-refractivity contribution is -0.112. The summed E-state index contributed by atoms with van der Waals surface area (Å²) in [5.41, 5.74) is 2.15. The number of hydrogen-bond donors (Lipinski definition) is 1. The summed E-state index contributed by atoms with van der Waals surface area (Å²) in [6.45, 7) is 4.19. The predicted octanol–water partition coefficient (Wildman–Crippen LogP) is 4.60. The fourth-order valence-corrected chi connectivity index (χ4v) is 2.67. The molecule has 0 bridgehead atoms. The lowest BCUT2D eigenvalue weighted by Gasteiger charge is -2.12. The number of aryl methyl sites for hydroxylation is 1. The predicted molar refractivity (Wildman–Crippen MR) is 103 cm³/mol. The van der Waals surface area contributed by atoms with Crippen molar-refractivity contribution in [3.63, 3.8) is 0 Å². The maximum absolute atomic E-state index is 12.4. The number of methoxy groups -OCH3 is 1. The highest BCUT2D eigenvalue weighted by atomic mass is 35.5. The number of ether oxygens (including phenoxy) is 2. The fraction of sp³-hybridized carbons (Fsp3) is 0.200. The third kappa shape index (κ3) is 4.78. The van der Waals surface area contributed by atoms with E-state index in [0.717, 1.165) is 5.56 Å². The van der Waals surface area contributed by atoms with Crippen molar-refractivity contribution < 1.29 is 14.3 Å². The summed E-state index contributed by atoms with van der Waals surface area (Å²) in [4.78, 5) is 12.4. The average molecular weight is 371 g/mol. The van der Waals surface area contributed by atoms with E-state index >= 15 is 0 Å². The van der Waals surface area contributed by atoms with Gasteiger partial charge in [0.2, 0.25) is 0 Å². The second-order valence-corrected chi connectivity index (χ2v) is 5.87. The maximum atomic E-state index is 12.4. The summed E-state index contributed by atoms with van der Waals surface area (Å²) in [5.74, 6) is 0.363. The number of amides is 1. The Balaban J connectivity index is 2.33. The Morgan fingerprint density at radius 2 is 2.12 bits per heavy atom. The Bertz CT molecular complexity index is 885. The Kier molecular flexibility index (Phi) is 6.65. The van der Waals surface area contributed by atoms with Gasteiger partial charge in [0, 0.05) is 5.69 Å². The molecule has 0 heterocycles. The number of nitrogens with one attached hydrogen (secondary N) is 1. The van der Waals surface area contributed by atoms with Crippen LogP contribution in [-0.4, -0.2) is 19.6 Å². The molecule has 0 aliphatic heterocycles. The number of benzene rings is 2. The van der Waals surface area contributed by atoms with Crippen LogP contribution in [0.1, 0.15) is 18.1 Å². The highest BCUT2D eigenvalue weighted by molar-refractivity contribution is 6.32. The van der Waals surface area contributed by atoms with Gasteiger partial charge in [-0.3, -0.25) is 4.79 Å². The van der Waals surface area contributed by atoms with Crippen LogP contribution in [-0.2, 0) is 4.79 Å². The van der Waals surface area contributed by atoms with Crippen molar-refractivity contribution >= 4 is 29.3 Å². The van der Waals surface area contributed by atoms with Gasteiger partial charge in [0.1, 0.15) is 11.6 Å². The number of anilines is 1. The molecule has 0 aliphatic carbocycles. The first-order chi connectivity index (χ1) is 12.5. The second kappa shape index (κ2) is 8.93. The summed E-state index contributed by atoms with van der Waals surface area (Å²) < 4.78 is 10.7. The molecular formula is C20H19ClN2O3. The number of nitrogens with zero attached hydrogens (tertiary/aromatic N) is 1. The number of halogens is 1. The normalized spacial score (nSPS) is 10.8. The zero-order valence-electron chi connectivity index (χ0n) is 14.8. The van der Waals surface area contributed by atoms with E-state index in [-0.39, 0.29) is 5.57 Å². The van der Waals surface area contributed by atoms with Crippen LogP contribution in [0.3, 0.4) is 0 Å². The number of nitriles is 1. The molecule has 5 nitrogen and oxygen atoms in total. The molecule has 0 aliphatic rings. The zero-order chi connectivity index (χ0) is 19.1. The molecule has 1 amide bonds. The van der Waals surface area contributed by atoms with E-state index < -0.39 is 5.91 Å². The van der Waals surface area contributed by atoms with Crippen molar-refractivity contribution in [2.75, 3.05) is 19.0 Å². The molecule has 0 saturated carbocycles. The minimum atomic E-state index is -0.497. The molecule has 0 atom stereocenters. The molecule has 6 heteroatoms. The van der Waals surface area contributed by atoms with Crippen LogP contribution in [0.25, 0.3) is 6.08 Å². The van der Waals surface area contributed by atoms with E-state index in [4.69, 9.17) is 21.1 Å². The van der Waals surface area contributed by atoms with E-state index in [9.17, 15) is 10.1 Å². The number of hydrogen-bond acceptors (Lipinski definition) is 4. The van der Waals surface area contributed by atoms with E-state index in [1.807, 2.05) is 38.1 Å². The Morgan fingerprint density at radius 3 is 2.73 bits per heavy atom. The maximum Gasteiger partial charge on any atom is 0.266 e. The van der Waals surface area contributed by atoms with Gasteiger partial charge in [-0.25, -0.2) is 0 Å². The van der Waals surface area contributed by atoms with Crippen molar-refractivity contribution in [1.82, 2.24) is 0 Å². The summed E-state index contributed by atoms with van der Waals surface area (Å²) in [6.07, 6.45) is 1.46. The lowest BCUT2D eigenvalue weighted by atomic mass is 10.1. The molecule has 26 heavy (non-hydrogen) atoms. The topological polar surface area (TPSA) is 71.3 Å². The largest absolute Gasteiger partial charge is 0.491 e. The van der Waals surface area contributed by atoms with Crippen LogP contribution < -0.4 is 14.8 Å². The highest BCUT2D eigenvalue weighted by Crippen LogP contribution is 2.36. The SMILES string of the molecule is CCOc1cc(/C=C(\C#N)C(=O)Nc2cccc(C)c2)cc(Cl)c1OC. The van der Waals surface area contributed by atoms with Gasteiger partial charge < -0.3 is 14.8 Å². The van der Waals surface area contributed by atoms with Gasteiger partial charge >= 0.3 is 0 Å². The molecule has 0 unspecified atom stereocenters. The molecule has 134 valence electrons. The first-order valence-corrected chi connectivity index (χ1v) is 8.36. The summed E-state index contributed by atoms with van der Waals surface area (Å²) in [6, 6.07) is 12.5. The number of rotatable bonds is 6. The summed E-state index contributed by atoms with van der Waals surface area (Å²) >= 11 is 6.21. The molecular weight excluding hydrogens is 352 g/mol. The molecule has 0 radical (unpaired) electrons. The van der Waals surface area contributed by atoms with Gasteiger partial charge in [-0.1, -0.05) is 23.7 Å². The highest BCUT2D eigenvalue weighted by Gasteiger charge is 2.14. The van der Waals surface area contributed by atoms with Gasteiger partial charge in [-0.15, -0.1) is 0 Å². The van der Waals surface area contributed by atoms with Crippen molar-refractivity contribution in [3.8, 4) is 17.6 Å². The zero-order valence-corrected chi connectivity index (χ0v) is 15.6. The average Bonchev–Trinajstić information content (AvgIpc) is 2.59. The van der Waals surface area contributed by atoms with E-state index in [0.29, 0.717) is 34.4 Å². The molecule has 2 aromatic carbocycles. The molecule has 0 aromatic heterocycles. The Labute approximate surface area is 157 Å². The van der Waals surface area contributed by atoms with Gasteiger partial charge in [0.25, 0.3) is 5.91 Å². The monoisotopic (exact) mass is 370 g/mol. The Hall–Kier alpha value is -2.97. The van der Waals surface area contributed by atoms with Gasteiger partial charge in [-0.05, 0) is 55.3 Å². The minimum Gasteiger partial charge on any atom is -0.491 e. The standard InChI is InChI=1S/C20H19ClN2O3/c1-4-26-18-11-14(10-17(21)19(18)25-3)9-15(12-22)20(24)23-16-7-5-6-13(2)8-16/h5-11H,4H2,1-3H3,(H,23,24)/b15-9+. The molecule has 2 rings (SSSR count). The van der Waals surface area contributed by atoms with Crippen molar-refractivity contribution in [2.45, 2.75) is 13.8 Å². The lowest BCUT2D eigenvalue weighted by Crippen LogP contribution is -2.13. The first kappa shape index (κ1) is 19.4. The van der Waals surface area contributed by atoms with Gasteiger partial charge in [-0.2, -0.15) is 5.26 Å². The summed E-state index contributed by atoms with van der Waals surface area (Å²) in [7, 11) is 1.50. The minimum absolute atomic E-state index is 0.0461. The van der Waals surface area contributed by atoms with Crippen LogP contribution >= 0.6 is 11.6 Å². The fourth-order valence-electron chi connectivity index (χ4n) is 2.37. The molecule has 1 N–H and O–H groups in total. The second-order valence-electron chi connectivity index (χ2n) is 5.46. The molecule has 0 spiro atoms. The van der Waals surface area contributed by atoms with Crippen LogP contribution in [0, 0.1) is 18.3 Å². The molecule has 0 fully saturated rings. The number of carbonyl (C=O) groups is 1. The third-order valence-corrected chi connectivity index (χ3v) is 3.77. The molecule has 0 saturated heterocycles. The first-order valence-electron chi connectivity index (χ1n) is 7.98. The van der Waals surface area contributed by atoms with Gasteiger partial charge in [0.05, 0.1) is 18.7 Å². The molecule has 2 aromatic rings. The third-order valence-electron chi connectivity index (χ3n) is 3.49. The van der Waals surface area contributed by atoms with Crippen molar-refractivity contribution in [1.29, 1.82) is 5.26 Å². The van der Waals surface area contributed by atoms with E-state index in [1.54, 1.807) is 18.2 Å². The van der Waals surface area contributed by atoms with E-state index in [2.05, 4.69) is 5.32 Å². The van der Waals surface area contributed by atoms with Crippen LogP contribution in [0.15, 0.2) is 42.0 Å². The van der Waals surface area contributed by atoms with Crippen molar-refractivity contribution in [2.24, 2.45) is 0 Å². The van der Waals surface area contributed by atoms with Crippen LogP contribution in [0.4, 0.5) is 5.69 Å². The van der Waals surface area contributed by atoms with E-state index in [1.165, 1.54) is 13.2 Å². The number of carbonyl (C=O) groups excluding carboxylic acids is 1. The van der Waals surface area contributed by atoms with Crippen molar-refractivity contribution in [3.05, 3.63) is 58.1 Å². The van der Waals surface area contributed by atoms with Gasteiger partial charge in [0.15, 0.2) is 11.5 Å². The van der Waals surface area contributed by atoms with Crippen LogP contribution in [0.5, 0.6) is 11.5 Å².